The van der Waals surface area contributed by atoms with Gasteiger partial charge in [-0.15, -0.1) is 0 Å². The highest BCUT2D eigenvalue weighted by atomic mass is 16.3. The van der Waals surface area contributed by atoms with Crippen LogP contribution in [-0.2, 0) is 0 Å². The molecular weight excluding hydrogens is 276 g/mol. The average Bonchev–Trinajstić information content (AvgIpc) is 2.49. The van der Waals surface area contributed by atoms with Crippen LogP contribution in [0.4, 0.5) is 22.7 Å². The van der Waals surface area contributed by atoms with Crippen LogP contribution < -0.4 is 10.6 Å². The summed E-state index contributed by atoms with van der Waals surface area (Å²) in [6, 6.07) is 21.7. The lowest BCUT2D eigenvalue weighted by Crippen LogP contribution is -1.92. The number of hydrogen-bond acceptors (Lipinski definition) is 4. The zero-order valence-electron chi connectivity index (χ0n) is 11.8. The molecule has 0 saturated heterocycles. The fourth-order valence-corrected chi connectivity index (χ4v) is 2.14. The van der Waals surface area contributed by atoms with Gasteiger partial charge in [-0.1, -0.05) is 12.1 Å². The van der Waals surface area contributed by atoms with Crippen LogP contribution in [0.15, 0.2) is 72.8 Å². The van der Waals surface area contributed by atoms with E-state index in [-0.39, 0.29) is 11.5 Å². The monoisotopic (exact) mass is 292 g/mol. The first-order valence-corrected chi connectivity index (χ1v) is 6.91. The van der Waals surface area contributed by atoms with Gasteiger partial charge in [0, 0.05) is 34.9 Å². The van der Waals surface area contributed by atoms with Gasteiger partial charge in [0.15, 0.2) is 0 Å². The largest absolute Gasteiger partial charge is 0.508 e. The molecular formula is C18H16N2O2. The average molecular weight is 292 g/mol. The minimum absolute atomic E-state index is 0.229. The van der Waals surface area contributed by atoms with Crippen molar-refractivity contribution in [2.45, 2.75) is 0 Å². The maximum absolute atomic E-state index is 9.45. The van der Waals surface area contributed by atoms with Gasteiger partial charge in [0.25, 0.3) is 0 Å². The van der Waals surface area contributed by atoms with Crippen molar-refractivity contribution in [2.24, 2.45) is 0 Å². The molecule has 3 aromatic carbocycles. The molecule has 4 heteroatoms. The summed E-state index contributed by atoms with van der Waals surface area (Å²) in [5.41, 5.74) is 3.50. The van der Waals surface area contributed by atoms with Crippen LogP contribution in [-0.4, -0.2) is 10.2 Å². The molecule has 0 amide bonds. The van der Waals surface area contributed by atoms with Crippen LogP contribution >= 0.6 is 0 Å². The van der Waals surface area contributed by atoms with E-state index in [2.05, 4.69) is 10.6 Å². The molecule has 0 aromatic heterocycles. The molecule has 0 bridgehead atoms. The number of hydrogen-bond donors (Lipinski definition) is 4. The molecule has 0 aliphatic heterocycles. The summed E-state index contributed by atoms with van der Waals surface area (Å²) in [6.45, 7) is 0. The second kappa shape index (κ2) is 6.10. The number of phenols is 2. The molecule has 0 aliphatic carbocycles. The second-order valence-electron chi connectivity index (χ2n) is 4.93. The molecule has 3 rings (SSSR count). The van der Waals surface area contributed by atoms with Crippen molar-refractivity contribution in [1.82, 2.24) is 0 Å². The minimum atomic E-state index is 0.229. The van der Waals surface area contributed by atoms with E-state index < -0.39 is 0 Å². The third-order valence-corrected chi connectivity index (χ3v) is 3.15. The van der Waals surface area contributed by atoms with Crippen molar-refractivity contribution < 1.29 is 10.2 Å². The lowest BCUT2D eigenvalue weighted by Gasteiger charge is -2.10. The number of anilines is 4. The van der Waals surface area contributed by atoms with Gasteiger partial charge in [0.1, 0.15) is 11.5 Å². The van der Waals surface area contributed by atoms with Crippen LogP contribution in [0, 0.1) is 0 Å². The van der Waals surface area contributed by atoms with Crippen molar-refractivity contribution in [3.05, 3.63) is 72.8 Å². The molecule has 4 nitrogen and oxygen atoms in total. The zero-order valence-corrected chi connectivity index (χ0v) is 11.8. The van der Waals surface area contributed by atoms with E-state index in [0.29, 0.717) is 0 Å². The van der Waals surface area contributed by atoms with Crippen molar-refractivity contribution >= 4 is 22.7 Å². The first-order valence-electron chi connectivity index (χ1n) is 6.91. The molecule has 0 atom stereocenters. The van der Waals surface area contributed by atoms with Gasteiger partial charge in [0.05, 0.1) is 0 Å². The Morgan fingerprint density at radius 2 is 0.909 bits per heavy atom. The van der Waals surface area contributed by atoms with Crippen LogP contribution in [0.2, 0.25) is 0 Å². The molecule has 0 heterocycles. The molecule has 22 heavy (non-hydrogen) atoms. The first kappa shape index (κ1) is 13.8. The number of rotatable bonds is 4. The van der Waals surface area contributed by atoms with E-state index in [1.54, 1.807) is 36.4 Å². The molecule has 0 aliphatic rings. The van der Waals surface area contributed by atoms with Crippen LogP contribution in [0.5, 0.6) is 11.5 Å². The Hall–Kier alpha value is -3.14. The number of phenolic OH excluding ortho intramolecular Hbond substituents is 2. The number of nitrogens with one attached hydrogen (secondary N) is 2. The fourth-order valence-electron chi connectivity index (χ4n) is 2.14. The maximum Gasteiger partial charge on any atom is 0.117 e. The SMILES string of the molecule is Oc1cccc(Nc2ccc(Nc3cccc(O)c3)cc2)c1. The molecule has 0 fully saturated rings. The van der Waals surface area contributed by atoms with Crippen molar-refractivity contribution in [2.75, 3.05) is 10.6 Å². The number of aromatic hydroxyl groups is 2. The summed E-state index contributed by atoms with van der Waals surface area (Å²) >= 11 is 0. The van der Waals surface area contributed by atoms with Gasteiger partial charge < -0.3 is 20.8 Å². The highest BCUT2D eigenvalue weighted by Gasteiger charge is 1.99. The normalized spacial score (nSPS) is 10.2. The topological polar surface area (TPSA) is 64.5 Å². The van der Waals surface area contributed by atoms with Crippen molar-refractivity contribution in [3.63, 3.8) is 0 Å². The van der Waals surface area contributed by atoms with Gasteiger partial charge in [-0.3, -0.25) is 0 Å². The van der Waals surface area contributed by atoms with Gasteiger partial charge >= 0.3 is 0 Å². The Bertz CT molecular complexity index is 704. The van der Waals surface area contributed by atoms with Crippen molar-refractivity contribution in [1.29, 1.82) is 0 Å². The molecule has 4 N–H and O–H groups in total. The van der Waals surface area contributed by atoms with E-state index in [1.165, 1.54) is 0 Å². The van der Waals surface area contributed by atoms with E-state index >= 15 is 0 Å². The summed E-state index contributed by atoms with van der Waals surface area (Å²) < 4.78 is 0. The summed E-state index contributed by atoms with van der Waals surface area (Å²) in [5.74, 6) is 0.458. The molecule has 110 valence electrons. The minimum Gasteiger partial charge on any atom is -0.508 e. The maximum atomic E-state index is 9.45. The third-order valence-electron chi connectivity index (χ3n) is 3.15. The Balaban J connectivity index is 1.70. The molecule has 0 spiro atoms. The van der Waals surface area contributed by atoms with Crippen LogP contribution in [0.1, 0.15) is 0 Å². The Morgan fingerprint density at radius 3 is 1.27 bits per heavy atom. The second-order valence-corrected chi connectivity index (χ2v) is 4.93. The number of benzene rings is 3. The predicted octanol–water partition coefficient (Wildman–Crippen LogP) is 4.59. The molecule has 0 saturated carbocycles. The summed E-state index contributed by atoms with van der Waals surface area (Å²) in [5, 5.41) is 25.3. The summed E-state index contributed by atoms with van der Waals surface area (Å²) in [7, 11) is 0. The molecule has 0 unspecified atom stereocenters. The zero-order chi connectivity index (χ0) is 15.4. The van der Waals surface area contributed by atoms with Gasteiger partial charge in [-0.2, -0.15) is 0 Å². The van der Waals surface area contributed by atoms with Crippen LogP contribution in [0.25, 0.3) is 0 Å². The first-order chi connectivity index (χ1) is 10.7. The highest BCUT2D eigenvalue weighted by Crippen LogP contribution is 2.24. The standard InChI is InChI=1S/C18H16N2O2/c21-17-5-1-3-15(11-17)19-13-7-9-14(10-8-13)20-16-4-2-6-18(22)12-16/h1-12,19-22H. The Morgan fingerprint density at radius 1 is 0.500 bits per heavy atom. The molecule has 0 radical (unpaired) electrons. The van der Waals surface area contributed by atoms with Gasteiger partial charge in [-0.25, -0.2) is 0 Å². The fraction of sp³-hybridized carbons (Fsp3) is 0. The summed E-state index contributed by atoms with van der Waals surface area (Å²) in [4.78, 5) is 0. The Labute approximate surface area is 128 Å². The van der Waals surface area contributed by atoms with E-state index in [0.717, 1.165) is 22.7 Å². The molecule has 3 aromatic rings. The van der Waals surface area contributed by atoms with E-state index in [9.17, 15) is 10.2 Å². The van der Waals surface area contributed by atoms with Crippen molar-refractivity contribution in [3.8, 4) is 11.5 Å². The quantitative estimate of drug-likeness (QED) is 0.568. The smallest absolute Gasteiger partial charge is 0.117 e. The van der Waals surface area contributed by atoms with E-state index in [1.807, 2.05) is 36.4 Å². The lowest BCUT2D eigenvalue weighted by atomic mass is 10.2. The van der Waals surface area contributed by atoms with E-state index in [4.69, 9.17) is 0 Å². The highest BCUT2D eigenvalue weighted by molar-refractivity contribution is 5.66. The van der Waals surface area contributed by atoms with Gasteiger partial charge in [0.2, 0.25) is 0 Å². The lowest BCUT2D eigenvalue weighted by molar-refractivity contribution is 0.475. The summed E-state index contributed by atoms with van der Waals surface area (Å²) in [6.07, 6.45) is 0. The van der Waals surface area contributed by atoms with Gasteiger partial charge in [-0.05, 0) is 48.5 Å². The van der Waals surface area contributed by atoms with Crippen LogP contribution in [0.3, 0.4) is 0 Å². The third kappa shape index (κ3) is 3.49. The Kier molecular flexibility index (Phi) is 3.83. The predicted molar refractivity (Wildman–Crippen MR) is 89.2 cm³/mol.